The number of phosphoric acid groups is 2. The predicted octanol–water partition coefficient (Wildman–Crippen LogP) is -4.12. The Hall–Kier alpha value is 2.20. The first-order valence-electron chi connectivity index (χ1n) is 2.86. The minimum absolute atomic E-state index is 0. The smallest absolute Gasteiger partial charge is 2.00 e. The molecule has 112 valence electrons. The Balaban J connectivity index is -0.000000256. The van der Waals surface area contributed by atoms with Crippen LogP contribution in [-0.2, 0) is 62.6 Å². The van der Waals surface area contributed by atoms with Gasteiger partial charge in [0, 0.05) is 0 Å². The maximum absolute atomic E-state index is 9.57. The van der Waals surface area contributed by atoms with Crippen LogP contribution in [0.5, 0.6) is 0 Å². The van der Waals surface area contributed by atoms with Crippen LogP contribution in [0.1, 0.15) is 0 Å². The van der Waals surface area contributed by atoms with Gasteiger partial charge in [0.1, 0.15) is 0 Å². The Bertz CT molecular complexity index is 488. The van der Waals surface area contributed by atoms with Crippen LogP contribution in [0.3, 0.4) is 0 Å². The van der Waals surface area contributed by atoms with Gasteiger partial charge < -0.3 is 0 Å². The Morgan fingerprint density at radius 3 is 0.895 bits per heavy atom. The molecular formula is H4Mo2O14P2Sr. The molecule has 0 spiro atoms. The first kappa shape index (κ1) is 26.1. The van der Waals surface area contributed by atoms with Gasteiger partial charge in [0.05, 0.1) is 0 Å². The topological polar surface area (TPSA) is 248 Å². The number of hydrogen-bond donors (Lipinski definition) is 4. The van der Waals surface area contributed by atoms with E-state index in [0.29, 0.717) is 0 Å². The van der Waals surface area contributed by atoms with Crippen LogP contribution in [0.4, 0.5) is 0 Å². The fraction of sp³-hybridized carbons (Fsp3) is 0. The van der Waals surface area contributed by atoms with Crippen LogP contribution in [0.15, 0.2) is 0 Å². The molecule has 0 aliphatic carbocycles. The van der Waals surface area contributed by atoms with Gasteiger partial charge >= 0.3 is 151 Å². The molecule has 0 amide bonds. The molecule has 19 heavy (non-hydrogen) atoms. The van der Waals surface area contributed by atoms with Gasteiger partial charge in [0.25, 0.3) is 0 Å². The number of hydrogen-bond acceptors (Lipinski definition) is 10. The largest absolute Gasteiger partial charge is 2.00 e. The Morgan fingerprint density at radius 2 is 0.895 bits per heavy atom. The van der Waals surface area contributed by atoms with Crippen molar-refractivity contribution in [3.8, 4) is 0 Å². The third-order valence-corrected chi connectivity index (χ3v) is 6.69. The van der Waals surface area contributed by atoms with E-state index in [1.807, 2.05) is 0 Å². The molecule has 0 aromatic rings. The molecule has 4 N–H and O–H groups in total. The Morgan fingerprint density at radius 1 is 0.737 bits per heavy atom. The summed E-state index contributed by atoms with van der Waals surface area (Å²) < 4.78 is 81.7. The van der Waals surface area contributed by atoms with Crippen molar-refractivity contribution in [3.63, 3.8) is 0 Å². The summed E-state index contributed by atoms with van der Waals surface area (Å²) in [5, 5.41) is 0. The first-order chi connectivity index (χ1) is 7.41. The summed E-state index contributed by atoms with van der Waals surface area (Å²) in [6.45, 7) is 0. The fourth-order valence-corrected chi connectivity index (χ4v) is 4.22. The molecule has 0 atom stereocenters. The summed E-state index contributed by atoms with van der Waals surface area (Å²) in [4.78, 5) is 30.8. The van der Waals surface area contributed by atoms with Crippen molar-refractivity contribution in [2.45, 2.75) is 0 Å². The van der Waals surface area contributed by atoms with Crippen molar-refractivity contribution in [2.24, 2.45) is 0 Å². The van der Waals surface area contributed by atoms with Crippen LogP contribution in [0, 0.1) is 0 Å². The quantitative estimate of drug-likeness (QED) is 0.186. The second-order valence-corrected chi connectivity index (χ2v) is 10.4. The predicted molar refractivity (Wildman–Crippen MR) is 34.8 cm³/mol. The third kappa shape index (κ3) is 33.2. The van der Waals surface area contributed by atoms with Gasteiger partial charge in [-0.05, 0) is 0 Å². The van der Waals surface area contributed by atoms with Crippen LogP contribution < -0.4 is 7.52 Å². The molecule has 0 aromatic carbocycles. The zero-order chi connectivity index (χ0) is 15.4. The van der Waals surface area contributed by atoms with Crippen molar-refractivity contribution in [2.75, 3.05) is 0 Å². The third-order valence-electron chi connectivity index (χ3n) is 0.377. The van der Waals surface area contributed by atoms with Crippen LogP contribution in [0.2, 0.25) is 0 Å². The summed E-state index contributed by atoms with van der Waals surface area (Å²) in [7, 11) is -10.3. The van der Waals surface area contributed by atoms with Crippen LogP contribution >= 0.6 is 15.6 Å². The van der Waals surface area contributed by atoms with Gasteiger partial charge in [-0.3, -0.25) is 0 Å². The molecule has 0 rings (SSSR count). The number of rotatable bonds is 4. The van der Waals surface area contributed by atoms with Gasteiger partial charge in [-0.25, -0.2) is 0 Å². The van der Waals surface area contributed by atoms with E-state index in [-0.39, 0.29) is 45.5 Å². The van der Waals surface area contributed by atoms with Gasteiger partial charge in [0.2, 0.25) is 0 Å². The molecular weight excluding hydrogens is 565 g/mol. The molecule has 0 aliphatic heterocycles. The standard InChI is InChI=1S/2Mo.2H3O4P.6O.Sr/c;;2*1-5(2,3)4;;;;;;;/h;;2*(H3,1,2,3,4);;;;;;;/q2*+1;;;;;;;2*-1;+2/p-2. The summed E-state index contributed by atoms with van der Waals surface area (Å²) >= 11 is -12.6. The minimum Gasteiger partial charge on any atom is 2.00 e. The van der Waals surface area contributed by atoms with Crippen LogP contribution in [0.25, 0.3) is 0 Å². The maximum Gasteiger partial charge on any atom is 2.00 e. The van der Waals surface area contributed by atoms with E-state index in [9.17, 15) is 30.2 Å². The average Bonchev–Trinajstić information content (AvgIpc) is 1.64. The van der Waals surface area contributed by atoms with Crippen molar-refractivity contribution in [1.29, 1.82) is 0 Å². The molecule has 0 saturated heterocycles. The zero-order valence-corrected chi connectivity index (χ0v) is 17.6. The molecule has 0 bridgehead atoms. The van der Waals surface area contributed by atoms with Gasteiger partial charge in [-0.2, -0.15) is 0 Å². The van der Waals surface area contributed by atoms with Crippen molar-refractivity contribution < 1.29 is 89.7 Å². The van der Waals surface area contributed by atoms with E-state index in [0.717, 1.165) is 0 Å². The Labute approximate surface area is 148 Å². The molecule has 0 fully saturated rings. The van der Waals surface area contributed by atoms with E-state index in [1.54, 1.807) is 0 Å². The molecule has 19 heteroatoms. The van der Waals surface area contributed by atoms with Gasteiger partial charge in [0.15, 0.2) is 0 Å². The van der Waals surface area contributed by atoms with Gasteiger partial charge in [-0.1, -0.05) is 0 Å². The van der Waals surface area contributed by atoms with Gasteiger partial charge in [-0.15, -0.1) is 0 Å². The molecule has 0 unspecified atom stereocenters. The normalized spacial score (nSPS) is 12.9. The van der Waals surface area contributed by atoms with Crippen molar-refractivity contribution in [3.05, 3.63) is 0 Å². The van der Waals surface area contributed by atoms with Crippen molar-refractivity contribution >= 4 is 61.1 Å². The second kappa shape index (κ2) is 9.36. The monoisotopic (exact) mass is 574 g/mol. The fourth-order valence-electron chi connectivity index (χ4n) is 0.238. The summed E-state index contributed by atoms with van der Waals surface area (Å²) in [6, 6.07) is 0. The SMILES string of the molecule is O=P(O)(O)[O][Mo](=[O])(=[O])[O-].O=P(O)(O)[O][Mo](=[O])(=[O])[O-].[Sr+2]. The Kier molecular flexibility index (Phi) is 12.9. The molecule has 14 nitrogen and oxygen atoms in total. The first-order valence-corrected chi connectivity index (χ1v) is 12.5. The van der Waals surface area contributed by atoms with Crippen LogP contribution in [-0.4, -0.2) is 65.1 Å². The summed E-state index contributed by atoms with van der Waals surface area (Å²) in [6.07, 6.45) is 0. The van der Waals surface area contributed by atoms with E-state index >= 15 is 0 Å². The van der Waals surface area contributed by atoms with E-state index in [1.165, 1.54) is 0 Å². The van der Waals surface area contributed by atoms with E-state index < -0.39 is 49.1 Å². The van der Waals surface area contributed by atoms with E-state index in [4.69, 9.17) is 19.6 Å². The zero-order valence-electron chi connectivity index (χ0n) is 8.29. The average molecular weight is 569 g/mol. The molecule has 0 heterocycles. The molecule has 0 saturated carbocycles. The van der Waals surface area contributed by atoms with Crippen molar-refractivity contribution in [1.82, 2.24) is 0 Å². The molecule has 0 aliphatic rings. The maximum atomic E-state index is 9.57. The summed E-state index contributed by atoms with van der Waals surface area (Å²) in [5.41, 5.74) is 0. The second-order valence-electron chi connectivity index (χ2n) is 1.95. The summed E-state index contributed by atoms with van der Waals surface area (Å²) in [5.74, 6) is 0. The minimum atomic E-state index is -6.28. The molecule has 0 radical (unpaired) electrons. The van der Waals surface area contributed by atoms with E-state index in [2.05, 4.69) is 6.35 Å². The molecule has 0 aromatic heterocycles.